The fourth-order valence-corrected chi connectivity index (χ4v) is 5.83. The molecule has 1 aromatic heterocycles. The lowest BCUT2D eigenvalue weighted by Gasteiger charge is -2.30. The number of nitrogens with one attached hydrogen (secondary N) is 2. The summed E-state index contributed by atoms with van der Waals surface area (Å²) in [5, 5.41) is 11.1. The smallest absolute Gasteiger partial charge is 0.109 e. The molecule has 0 aliphatic heterocycles. The maximum Gasteiger partial charge on any atom is 0.109 e. The maximum absolute atomic E-state index is 4.13. The second kappa shape index (κ2) is 15.1. The average Bonchev–Trinajstić information content (AvgIpc) is 3.32. The van der Waals surface area contributed by atoms with Crippen LogP contribution in [-0.4, -0.2) is 46.4 Å². The van der Waals surface area contributed by atoms with Crippen molar-refractivity contribution in [1.29, 1.82) is 0 Å². The van der Waals surface area contributed by atoms with Gasteiger partial charge in [0, 0.05) is 35.0 Å². The molecule has 2 N–H and O–H groups in total. The van der Waals surface area contributed by atoms with Crippen LogP contribution in [0.15, 0.2) is 100 Å². The van der Waals surface area contributed by atoms with Crippen LogP contribution in [0.1, 0.15) is 25.8 Å². The summed E-state index contributed by atoms with van der Waals surface area (Å²) < 4.78 is 0. The van der Waals surface area contributed by atoms with Crippen LogP contribution < -0.4 is 5.32 Å². The Bertz CT molecular complexity index is 1250. The Morgan fingerprint density at radius 3 is 2.81 bits per heavy atom. The summed E-state index contributed by atoms with van der Waals surface area (Å²) in [7, 11) is 1.18. The number of benzene rings is 1. The molecule has 3 rings (SSSR count). The highest BCUT2D eigenvalue weighted by molar-refractivity contribution is 8.03. The van der Waals surface area contributed by atoms with Gasteiger partial charge in [0.2, 0.25) is 0 Å². The summed E-state index contributed by atoms with van der Waals surface area (Å²) in [4.78, 5) is 4.94. The molecule has 0 fully saturated rings. The van der Waals surface area contributed by atoms with Crippen molar-refractivity contribution in [1.82, 2.24) is 20.4 Å². The van der Waals surface area contributed by atoms with E-state index in [-0.39, 0.29) is 0 Å². The Hall–Kier alpha value is -2.46. The first-order valence-corrected chi connectivity index (χ1v) is 16.1. The second-order valence-corrected chi connectivity index (χ2v) is 11.6. The average molecular weight is 549 g/mol. The van der Waals surface area contributed by atoms with Crippen molar-refractivity contribution in [3.05, 3.63) is 106 Å². The summed E-state index contributed by atoms with van der Waals surface area (Å²) in [5.74, 6) is 0.379. The molecule has 1 aliphatic carbocycles. The van der Waals surface area contributed by atoms with Gasteiger partial charge in [0.05, 0.1) is 11.4 Å². The molecule has 2 aromatic rings. The number of hydrogen-bond donors (Lipinski definition) is 2. The summed E-state index contributed by atoms with van der Waals surface area (Å²) in [6.45, 7) is 12.2. The molecule has 1 atom stereocenters. The van der Waals surface area contributed by atoms with Gasteiger partial charge in [-0.2, -0.15) is 5.10 Å². The monoisotopic (exact) mass is 548 g/mol. The lowest BCUT2D eigenvalue weighted by molar-refractivity contribution is 0.363. The number of hydrogen-bond acceptors (Lipinski definition) is 3. The van der Waals surface area contributed by atoms with E-state index in [1.165, 1.54) is 29.1 Å². The molecule has 1 heterocycles. The van der Waals surface area contributed by atoms with Gasteiger partial charge in [0.1, 0.15) is 5.54 Å². The van der Waals surface area contributed by atoms with Crippen LogP contribution in [0.25, 0.3) is 11.3 Å². The fraction of sp³-hybridized carbons (Fsp3) is 0.300. The number of H-pyrrole nitrogens is 1. The van der Waals surface area contributed by atoms with Crippen LogP contribution >= 0.6 is 31.7 Å². The maximum atomic E-state index is 4.13. The molecule has 0 bridgehead atoms. The lowest BCUT2D eigenvalue weighted by Crippen LogP contribution is -2.42. The zero-order valence-corrected chi connectivity index (χ0v) is 24.9. The third-order valence-corrected chi connectivity index (χ3v) is 8.31. The van der Waals surface area contributed by atoms with Crippen LogP contribution in [0.5, 0.6) is 0 Å². The Balaban J connectivity index is 1.97. The van der Waals surface area contributed by atoms with Crippen molar-refractivity contribution < 1.29 is 0 Å². The molecular weight excluding hydrogens is 511 g/mol. The fourth-order valence-electron chi connectivity index (χ4n) is 4.02. The van der Waals surface area contributed by atoms with Gasteiger partial charge in [-0.05, 0) is 80.9 Å². The second-order valence-electron chi connectivity index (χ2n) is 8.84. The third kappa shape index (κ3) is 8.81. The molecule has 1 aromatic carbocycles. The minimum absolute atomic E-state index is 0.379. The van der Waals surface area contributed by atoms with E-state index in [1.54, 1.807) is 29.7 Å². The van der Waals surface area contributed by atoms with Crippen molar-refractivity contribution in [3.8, 4) is 11.3 Å². The summed E-state index contributed by atoms with van der Waals surface area (Å²) >= 11 is 3.52. The predicted molar refractivity (Wildman–Crippen MR) is 168 cm³/mol. The molecule has 0 radical (unpaired) electrons. The highest BCUT2D eigenvalue weighted by Crippen LogP contribution is 2.29. The van der Waals surface area contributed by atoms with Crippen LogP contribution in [0, 0.1) is 5.92 Å². The number of nitrogens with zero attached hydrogens (tertiary/aromatic N) is 2. The van der Waals surface area contributed by atoms with Crippen LogP contribution in [-0.2, 0) is 6.54 Å². The van der Waals surface area contributed by atoms with Gasteiger partial charge >= 0.3 is 0 Å². The Morgan fingerprint density at radius 1 is 1.30 bits per heavy atom. The van der Waals surface area contributed by atoms with E-state index in [4.69, 9.17) is 0 Å². The molecule has 7 heteroatoms. The third-order valence-electron chi connectivity index (χ3n) is 5.92. The van der Waals surface area contributed by atoms with E-state index in [0.29, 0.717) is 5.92 Å². The topological polar surface area (TPSA) is 44.0 Å². The number of rotatable bonds is 12. The van der Waals surface area contributed by atoms with Gasteiger partial charge in [-0.3, -0.25) is 10.00 Å². The lowest BCUT2D eigenvalue weighted by atomic mass is 10.0. The van der Waals surface area contributed by atoms with Gasteiger partial charge in [-0.25, -0.2) is 0 Å². The van der Waals surface area contributed by atoms with E-state index in [2.05, 4.69) is 107 Å². The molecule has 37 heavy (non-hydrogen) atoms. The number of aromatic amines is 1. The van der Waals surface area contributed by atoms with Gasteiger partial charge in [0.25, 0.3) is 0 Å². The summed E-state index contributed by atoms with van der Waals surface area (Å²) in [6.07, 6.45) is 17.7. The quantitative estimate of drug-likeness (QED) is 0.161. The normalized spacial score (nSPS) is 16.6. The van der Waals surface area contributed by atoms with E-state index in [0.717, 1.165) is 42.0 Å². The first-order chi connectivity index (χ1) is 17.9. The van der Waals surface area contributed by atoms with E-state index in [9.17, 15) is 0 Å². The zero-order chi connectivity index (χ0) is 26.6. The SMILES string of the molecule is C=C(C)/C=C(SC)\C(NC(=PC)N(Cc1cccc(-c2ccn[nH]2)c1)CC1C=C=CC=CC1)=C(/C)SC. The Labute approximate surface area is 232 Å². The van der Waals surface area contributed by atoms with Gasteiger partial charge in [-0.15, -0.1) is 29.3 Å². The summed E-state index contributed by atoms with van der Waals surface area (Å²) in [6, 6.07) is 10.7. The Kier molecular flexibility index (Phi) is 11.9. The van der Waals surface area contributed by atoms with E-state index >= 15 is 0 Å². The first kappa shape index (κ1) is 29.1. The molecule has 194 valence electrons. The minimum atomic E-state index is 0.379. The zero-order valence-electron chi connectivity index (χ0n) is 22.4. The first-order valence-electron chi connectivity index (χ1n) is 12.3. The number of thioether (sulfide) groups is 2. The molecule has 0 saturated heterocycles. The van der Waals surface area contributed by atoms with Crippen molar-refractivity contribution in [2.75, 3.05) is 25.7 Å². The molecule has 1 unspecified atom stereocenters. The molecule has 1 aliphatic rings. The molecular formula is C30H37N4PS2. The molecule has 0 spiro atoms. The standard InChI is InChI=1S/C30H37N4PS2/c1-22(2)18-28(37-6)29(23(3)36-5)32-30(35-4)34(20-24-12-9-7-8-10-13-24)21-25-14-11-15-26(19-25)27-16-17-31-33-27/h7-9,11,13-19,24,32H,1,12,20-21H2,2-6H3,(H,31,33)/b28-18+,29-23-. The van der Waals surface area contributed by atoms with Crippen LogP contribution in [0.2, 0.25) is 0 Å². The van der Waals surface area contributed by atoms with Crippen molar-refractivity contribution in [2.45, 2.75) is 26.8 Å². The van der Waals surface area contributed by atoms with Crippen LogP contribution in [0.4, 0.5) is 0 Å². The molecule has 0 saturated carbocycles. The predicted octanol–water partition coefficient (Wildman–Crippen LogP) is 7.84. The largest absolute Gasteiger partial charge is 0.341 e. The van der Waals surface area contributed by atoms with Gasteiger partial charge < -0.3 is 5.32 Å². The number of aromatic nitrogens is 2. The van der Waals surface area contributed by atoms with Crippen molar-refractivity contribution in [2.24, 2.45) is 5.92 Å². The number of allylic oxidation sites excluding steroid dienone is 5. The minimum Gasteiger partial charge on any atom is -0.341 e. The molecule has 0 amide bonds. The highest BCUT2D eigenvalue weighted by atomic mass is 32.2. The van der Waals surface area contributed by atoms with Crippen molar-refractivity contribution >= 4 is 37.3 Å². The molecule has 4 nitrogen and oxygen atoms in total. The summed E-state index contributed by atoms with van der Waals surface area (Å²) in [5.41, 5.74) is 10.1. The van der Waals surface area contributed by atoms with Crippen molar-refractivity contribution in [3.63, 3.8) is 0 Å². The van der Waals surface area contributed by atoms with Crippen LogP contribution in [0.3, 0.4) is 0 Å². The van der Waals surface area contributed by atoms with Gasteiger partial charge in [0.15, 0.2) is 0 Å². The Morgan fingerprint density at radius 2 is 2.14 bits per heavy atom. The highest BCUT2D eigenvalue weighted by Gasteiger charge is 2.20. The van der Waals surface area contributed by atoms with E-state index < -0.39 is 0 Å². The van der Waals surface area contributed by atoms with E-state index in [1.807, 2.05) is 19.1 Å². The van der Waals surface area contributed by atoms with Gasteiger partial charge in [-0.1, -0.05) is 50.7 Å².